The molecule has 34 heavy (non-hydrogen) atoms. The maximum Gasteiger partial charge on any atom is 0.573 e. The standard InChI is InChI=1S/C22H19F3N4O5/c1-2-18(14-33-21-27-12-20(28-21)29(30)31)32-13-17-8-5-16(11-26-17)4-3-15-6-9-19(10-7-15)34-22(23,24)25/h5-12,18H,2,13-14H2,1H3,(H,27,28)/t18-/m0/s1. The highest BCUT2D eigenvalue weighted by Crippen LogP contribution is 2.22. The molecule has 9 nitrogen and oxygen atoms in total. The number of pyridine rings is 1. The van der Waals surface area contributed by atoms with E-state index in [0.29, 0.717) is 23.2 Å². The summed E-state index contributed by atoms with van der Waals surface area (Å²) in [5.74, 6) is 5.16. The van der Waals surface area contributed by atoms with Crippen molar-refractivity contribution in [2.75, 3.05) is 6.61 Å². The van der Waals surface area contributed by atoms with E-state index in [9.17, 15) is 23.3 Å². The van der Waals surface area contributed by atoms with Gasteiger partial charge < -0.3 is 24.3 Å². The number of hydrogen-bond donors (Lipinski definition) is 1. The van der Waals surface area contributed by atoms with Crippen LogP contribution in [0.3, 0.4) is 0 Å². The molecule has 0 spiro atoms. The Kier molecular flexibility index (Phi) is 8.05. The number of rotatable bonds is 9. The van der Waals surface area contributed by atoms with E-state index >= 15 is 0 Å². The molecule has 1 N–H and O–H groups in total. The van der Waals surface area contributed by atoms with Gasteiger partial charge >= 0.3 is 18.2 Å². The Morgan fingerprint density at radius 3 is 2.38 bits per heavy atom. The summed E-state index contributed by atoms with van der Waals surface area (Å²) in [6, 6.07) is 8.77. The predicted octanol–water partition coefficient (Wildman–Crippen LogP) is 4.39. The highest BCUT2D eigenvalue weighted by atomic mass is 19.4. The summed E-state index contributed by atoms with van der Waals surface area (Å²) < 4.78 is 51.6. The molecule has 2 heterocycles. The van der Waals surface area contributed by atoms with Crippen molar-refractivity contribution in [3.8, 4) is 23.6 Å². The number of halogens is 3. The zero-order valence-corrected chi connectivity index (χ0v) is 17.8. The van der Waals surface area contributed by atoms with E-state index in [1.807, 2.05) is 6.92 Å². The lowest BCUT2D eigenvalue weighted by Crippen LogP contribution is -2.21. The van der Waals surface area contributed by atoms with Gasteiger partial charge in [0.2, 0.25) is 0 Å². The first-order chi connectivity index (χ1) is 16.2. The van der Waals surface area contributed by atoms with Crippen molar-refractivity contribution in [1.82, 2.24) is 15.0 Å². The van der Waals surface area contributed by atoms with Gasteiger partial charge in [-0.15, -0.1) is 13.2 Å². The van der Waals surface area contributed by atoms with Crippen molar-refractivity contribution in [2.45, 2.75) is 32.4 Å². The minimum atomic E-state index is -4.74. The zero-order chi connectivity index (χ0) is 24.6. The zero-order valence-electron chi connectivity index (χ0n) is 17.8. The molecule has 0 aliphatic rings. The number of ether oxygens (including phenoxy) is 3. The molecule has 1 aromatic carbocycles. The van der Waals surface area contributed by atoms with E-state index in [-0.39, 0.29) is 36.9 Å². The summed E-state index contributed by atoms with van der Waals surface area (Å²) >= 11 is 0. The first kappa shape index (κ1) is 24.5. The first-order valence-electron chi connectivity index (χ1n) is 9.98. The molecule has 0 saturated heterocycles. The Bertz CT molecular complexity index is 1150. The van der Waals surface area contributed by atoms with Crippen LogP contribution in [0.2, 0.25) is 0 Å². The Morgan fingerprint density at radius 1 is 1.09 bits per heavy atom. The number of hydrogen-bond acceptors (Lipinski definition) is 7. The number of aromatic amines is 1. The molecule has 178 valence electrons. The van der Waals surface area contributed by atoms with Crippen molar-refractivity contribution >= 4 is 5.82 Å². The number of aromatic nitrogens is 3. The molecule has 1 atom stereocenters. The maximum atomic E-state index is 12.2. The molecule has 0 bridgehead atoms. The van der Waals surface area contributed by atoms with Gasteiger partial charge in [0.05, 0.1) is 18.4 Å². The van der Waals surface area contributed by atoms with Crippen molar-refractivity contribution in [3.05, 3.63) is 75.7 Å². The number of nitrogens with zero attached hydrogens (tertiary/aromatic N) is 3. The second-order valence-corrected chi connectivity index (χ2v) is 6.84. The van der Waals surface area contributed by atoms with Gasteiger partial charge in [-0.1, -0.05) is 18.8 Å². The second-order valence-electron chi connectivity index (χ2n) is 6.84. The van der Waals surface area contributed by atoms with Crippen LogP contribution in [0.15, 0.2) is 48.8 Å². The fourth-order valence-corrected chi connectivity index (χ4v) is 2.59. The van der Waals surface area contributed by atoms with Gasteiger partial charge in [-0.25, -0.2) is 0 Å². The van der Waals surface area contributed by atoms with Gasteiger partial charge in [0.25, 0.3) is 0 Å². The van der Waals surface area contributed by atoms with Crippen molar-refractivity contribution in [1.29, 1.82) is 0 Å². The van der Waals surface area contributed by atoms with Crippen LogP contribution in [-0.2, 0) is 11.3 Å². The van der Waals surface area contributed by atoms with Crippen LogP contribution in [0.25, 0.3) is 0 Å². The highest BCUT2D eigenvalue weighted by molar-refractivity contribution is 5.43. The Labute approximate surface area is 192 Å². The van der Waals surface area contributed by atoms with E-state index in [1.54, 1.807) is 18.3 Å². The van der Waals surface area contributed by atoms with Gasteiger partial charge in [0.1, 0.15) is 18.6 Å². The second kappa shape index (κ2) is 11.2. The number of benzene rings is 1. The summed E-state index contributed by atoms with van der Waals surface area (Å²) in [5, 5.41) is 10.7. The smallest absolute Gasteiger partial charge is 0.445 e. The van der Waals surface area contributed by atoms with Crippen molar-refractivity contribution in [2.24, 2.45) is 0 Å². The lowest BCUT2D eigenvalue weighted by molar-refractivity contribution is -0.389. The Morgan fingerprint density at radius 2 is 1.79 bits per heavy atom. The molecule has 0 radical (unpaired) electrons. The summed E-state index contributed by atoms with van der Waals surface area (Å²) in [6.45, 7) is 2.28. The molecule has 3 rings (SSSR count). The van der Waals surface area contributed by atoms with Gasteiger partial charge in [0.15, 0.2) is 0 Å². The molecule has 0 amide bonds. The SMILES string of the molecule is CC[C@@H](COc1ncc([N+](=O)[O-])[nH]1)OCc1ccc(C#Cc2ccc(OC(F)(F)F)cc2)cn1. The minimum Gasteiger partial charge on any atom is -0.445 e. The van der Waals surface area contributed by atoms with E-state index in [2.05, 4.69) is 31.5 Å². The van der Waals surface area contributed by atoms with Crippen molar-refractivity contribution < 1.29 is 32.3 Å². The fraction of sp³-hybridized carbons (Fsp3) is 0.273. The van der Waals surface area contributed by atoms with E-state index in [1.165, 1.54) is 24.3 Å². The average molecular weight is 476 g/mol. The monoisotopic (exact) mass is 476 g/mol. The quantitative estimate of drug-likeness (QED) is 0.277. The molecule has 0 aliphatic heterocycles. The van der Waals surface area contributed by atoms with Crippen LogP contribution in [0.4, 0.5) is 19.0 Å². The Hall–Kier alpha value is -4.11. The van der Waals surface area contributed by atoms with Crippen LogP contribution >= 0.6 is 0 Å². The summed E-state index contributed by atoms with van der Waals surface area (Å²) in [5.41, 5.74) is 1.80. The van der Waals surface area contributed by atoms with Crippen LogP contribution in [0, 0.1) is 22.0 Å². The third-order valence-electron chi connectivity index (χ3n) is 4.33. The summed E-state index contributed by atoms with van der Waals surface area (Å²) in [7, 11) is 0. The number of H-pyrrole nitrogens is 1. The lowest BCUT2D eigenvalue weighted by atomic mass is 10.2. The van der Waals surface area contributed by atoms with E-state index in [0.717, 1.165) is 6.20 Å². The van der Waals surface area contributed by atoms with Crippen LogP contribution in [0.5, 0.6) is 11.8 Å². The van der Waals surface area contributed by atoms with Gasteiger partial charge in [-0.05, 0) is 47.7 Å². The van der Waals surface area contributed by atoms with Crippen LogP contribution < -0.4 is 9.47 Å². The molecular formula is C22H19F3N4O5. The maximum absolute atomic E-state index is 12.2. The van der Waals surface area contributed by atoms with E-state index < -0.39 is 11.3 Å². The van der Waals surface area contributed by atoms with Crippen molar-refractivity contribution in [3.63, 3.8) is 0 Å². The molecule has 0 fully saturated rings. The molecule has 0 aliphatic carbocycles. The third-order valence-corrected chi connectivity index (χ3v) is 4.33. The summed E-state index contributed by atoms with van der Waals surface area (Å²) in [6.07, 6.45) is -1.75. The van der Waals surface area contributed by atoms with Crippen LogP contribution in [0.1, 0.15) is 30.2 Å². The lowest BCUT2D eigenvalue weighted by Gasteiger charge is -2.15. The first-order valence-corrected chi connectivity index (χ1v) is 9.98. The van der Waals surface area contributed by atoms with Gasteiger partial charge in [-0.3, -0.25) is 4.98 Å². The van der Waals surface area contributed by atoms with E-state index in [4.69, 9.17) is 9.47 Å². The normalized spacial score (nSPS) is 11.9. The van der Waals surface area contributed by atoms with Gasteiger partial charge in [-0.2, -0.15) is 9.97 Å². The van der Waals surface area contributed by atoms with Gasteiger partial charge in [0, 0.05) is 17.3 Å². The third kappa shape index (κ3) is 7.79. The fourth-order valence-electron chi connectivity index (χ4n) is 2.59. The predicted molar refractivity (Wildman–Crippen MR) is 113 cm³/mol. The molecule has 3 aromatic rings. The topological polar surface area (TPSA) is 112 Å². The molecular weight excluding hydrogens is 457 g/mol. The largest absolute Gasteiger partial charge is 0.573 e. The molecule has 0 unspecified atom stereocenters. The Balaban J connectivity index is 1.49. The number of alkyl halides is 3. The molecule has 12 heteroatoms. The number of nitro groups is 1. The minimum absolute atomic E-state index is 0.0392. The number of nitrogens with one attached hydrogen (secondary N) is 1. The number of imidazole rings is 1. The average Bonchev–Trinajstić information content (AvgIpc) is 3.28. The molecule has 0 saturated carbocycles. The molecule has 2 aromatic heterocycles. The van der Waals surface area contributed by atoms with Crippen LogP contribution in [-0.4, -0.2) is 38.9 Å². The summed E-state index contributed by atoms with van der Waals surface area (Å²) in [4.78, 5) is 20.6. The highest BCUT2D eigenvalue weighted by Gasteiger charge is 2.30.